The summed E-state index contributed by atoms with van der Waals surface area (Å²) in [4.78, 5) is 10.6. The largest absolute Gasteiger partial charge is 0.396 e. The van der Waals surface area contributed by atoms with Gasteiger partial charge in [0.15, 0.2) is 0 Å². The summed E-state index contributed by atoms with van der Waals surface area (Å²) >= 11 is 0. The summed E-state index contributed by atoms with van der Waals surface area (Å²) in [5.74, 6) is 4.40. The number of hydrogen-bond acceptors (Lipinski definition) is 3. The zero-order chi connectivity index (χ0) is 7.28. The lowest BCUT2D eigenvalue weighted by atomic mass is 10.1. The summed E-state index contributed by atoms with van der Waals surface area (Å²) in [6, 6.07) is 0. The van der Waals surface area contributed by atoms with E-state index in [0.717, 1.165) is 0 Å². The van der Waals surface area contributed by atoms with Crippen LogP contribution in [0.15, 0.2) is 0 Å². The number of hydrogen-bond donors (Lipinski definition) is 3. The van der Waals surface area contributed by atoms with Crippen molar-refractivity contribution in [1.29, 1.82) is 0 Å². The van der Waals surface area contributed by atoms with Crippen LogP contribution in [0.2, 0.25) is 0 Å². The highest BCUT2D eigenvalue weighted by molar-refractivity contribution is 5.85. The smallest absolute Gasteiger partial charge is 0.236 e. The van der Waals surface area contributed by atoms with Crippen LogP contribution in [-0.4, -0.2) is 17.6 Å². The maximum Gasteiger partial charge on any atom is 0.236 e. The minimum atomic E-state index is -0.232. The van der Waals surface area contributed by atoms with E-state index in [1.807, 2.05) is 5.43 Å². The fraction of sp³-hybridized carbons (Fsp3) is 0.800. The van der Waals surface area contributed by atoms with Gasteiger partial charge in [0.25, 0.3) is 0 Å². The van der Waals surface area contributed by atoms with Gasteiger partial charge in [-0.2, -0.15) is 0 Å². The van der Waals surface area contributed by atoms with Crippen LogP contribution in [0, 0.1) is 5.92 Å². The van der Waals surface area contributed by atoms with Crippen LogP contribution in [0.4, 0.5) is 0 Å². The molecule has 1 atom stereocenters. The van der Waals surface area contributed by atoms with E-state index in [9.17, 15) is 4.79 Å². The number of nitrogens with one attached hydrogen (secondary N) is 1. The molecule has 1 unspecified atom stereocenters. The van der Waals surface area contributed by atoms with E-state index in [4.69, 9.17) is 10.9 Å². The number of halogens is 1. The Morgan fingerprint density at radius 3 is 2.60 bits per heavy atom. The highest BCUT2D eigenvalue weighted by Gasteiger charge is 2.08. The van der Waals surface area contributed by atoms with Crippen molar-refractivity contribution < 1.29 is 9.90 Å². The van der Waals surface area contributed by atoms with Gasteiger partial charge in [0.05, 0.1) is 0 Å². The molecule has 0 saturated carbocycles. The van der Waals surface area contributed by atoms with E-state index in [1.165, 1.54) is 0 Å². The van der Waals surface area contributed by atoms with Crippen LogP contribution >= 0.6 is 12.4 Å². The SMILES string of the molecule is CC(CCO)C(=O)NN.Cl. The number of hydrazine groups is 1. The third kappa shape index (κ3) is 4.55. The highest BCUT2D eigenvalue weighted by Crippen LogP contribution is 1.98. The van der Waals surface area contributed by atoms with Crippen molar-refractivity contribution in [1.82, 2.24) is 5.43 Å². The van der Waals surface area contributed by atoms with Crippen LogP contribution in [0.1, 0.15) is 13.3 Å². The predicted octanol–water partition coefficient (Wildman–Crippen LogP) is -0.583. The monoisotopic (exact) mass is 168 g/mol. The van der Waals surface area contributed by atoms with Gasteiger partial charge in [-0.1, -0.05) is 6.92 Å². The summed E-state index contributed by atoms with van der Waals surface area (Å²) in [6.45, 7) is 1.73. The number of carbonyl (C=O) groups excluding carboxylic acids is 1. The first-order valence-corrected chi connectivity index (χ1v) is 2.83. The second-order valence-corrected chi connectivity index (χ2v) is 1.92. The third-order valence-corrected chi connectivity index (χ3v) is 1.15. The van der Waals surface area contributed by atoms with E-state index >= 15 is 0 Å². The van der Waals surface area contributed by atoms with E-state index in [1.54, 1.807) is 6.92 Å². The van der Waals surface area contributed by atoms with Gasteiger partial charge >= 0.3 is 0 Å². The zero-order valence-electron chi connectivity index (χ0n) is 5.83. The van der Waals surface area contributed by atoms with E-state index in [-0.39, 0.29) is 30.8 Å². The Morgan fingerprint density at radius 1 is 1.80 bits per heavy atom. The number of carbonyl (C=O) groups is 1. The number of nitrogens with two attached hydrogens (primary N) is 1. The number of amides is 1. The highest BCUT2D eigenvalue weighted by atomic mass is 35.5. The Morgan fingerprint density at radius 2 is 2.30 bits per heavy atom. The first-order valence-electron chi connectivity index (χ1n) is 2.83. The fourth-order valence-corrected chi connectivity index (χ4v) is 0.467. The van der Waals surface area contributed by atoms with Gasteiger partial charge in [-0.05, 0) is 6.42 Å². The average Bonchev–Trinajstić information content (AvgIpc) is 1.87. The summed E-state index contributed by atoms with van der Waals surface area (Å²) < 4.78 is 0. The molecule has 0 aliphatic rings. The molecule has 0 rings (SSSR count). The molecule has 4 N–H and O–H groups in total. The molecule has 0 aromatic carbocycles. The lowest BCUT2D eigenvalue weighted by Crippen LogP contribution is -2.35. The second kappa shape index (κ2) is 6.80. The molecule has 0 aromatic heterocycles. The fourth-order valence-electron chi connectivity index (χ4n) is 0.467. The minimum Gasteiger partial charge on any atom is -0.396 e. The third-order valence-electron chi connectivity index (χ3n) is 1.15. The van der Waals surface area contributed by atoms with Gasteiger partial charge in [0.1, 0.15) is 0 Å². The van der Waals surface area contributed by atoms with Gasteiger partial charge in [0, 0.05) is 12.5 Å². The summed E-state index contributed by atoms with van der Waals surface area (Å²) in [6.07, 6.45) is 0.461. The molecule has 0 saturated heterocycles. The Labute approximate surface area is 66.2 Å². The average molecular weight is 169 g/mol. The molecule has 0 aliphatic carbocycles. The van der Waals surface area contributed by atoms with E-state index in [2.05, 4.69) is 0 Å². The molecule has 0 heterocycles. The molecule has 0 spiro atoms. The molecule has 1 amide bonds. The van der Waals surface area contributed by atoms with Gasteiger partial charge < -0.3 is 5.11 Å². The zero-order valence-corrected chi connectivity index (χ0v) is 6.65. The first-order chi connectivity index (χ1) is 4.22. The molecular formula is C5H13ClN2O2. The lowest BCUT2D eigenvalue weighted by molar-refractivity contribution is -0.125. The molecule has 0 aromatic rings. The molecule has 10 heavy (non-hydrogen) atoms. The standard InChI is InChI=1S/C5H12N2O2.ClH/c1-4(2-3-8)5(9)7-6;/h4,8H,2-3,6H2,1H3,(H,7,9);1H. The normalized spacial score (nSPS) is 11.5. The maximum absolute atomic E-state index is 10.6. The summed E-state index contributed by atoms with van der Waals surface area (Å²) in [5, 5.41) is 8.36. The molecule has 4 nitrogen and oxygen atoms in total. The summed E-state index contributed by atoms with van der Waals surface area (Å²) in [5.41, 5.74) is 2.00. The molecule has 62 valence electrons. The van der Waals surface area contributed by atoms with Crippen LogP contribution in [-0.2, 0) is 4.79 Å². The van der Waals surface area contributed by atoms with Gasteiger partial charge in [0.2, 0.25) is 5.91 Å². The van der Waals surface area contributed by atoms with Crippen molar-refractivity contribution in [3.8, 4) is 0 Å². The lowest BCUT2D eigenvalue weighted by Gasteiger charge is -2.05. The Kier molecular flexibility index (Phi) is 8.40. The Bertz CT molecular complexity index is 99.6. The molecule has 0 aliphatic heterocycles. The van der Waals surface area contributed by atoms with Gasteiger partial charge in [-0.15, -0.1) is 12.4 Å². The predicted molar refractivity (Wildman–Crippen MR) is 40.4 cm³/mol. The Balaban J connectivity index is 0. The van der Waals surface area contributed by atoms with Crippen molar-refractivity contribution in [3.63, 3.8) is 0 Å². The topological polar surface area (TPSA) is 75.3 Å². The molecule has 0 fully saturated rings. The quantitative estimate of drug-likeness (QED) is 0.300. The van der Waals surface area contributed by atoms with E-state index < -0.39 is 0 Å². The molecule has 0 bridgehead atoms. The number of aliphatic hydroxyl groups excluding tert-OH is 1. The first kappa shape index (κ1) is 12.4. The minimum absolute atomic E-state index is 0. The molecular weight excluding hydrogens is 156 g/mol. The van der Waals surface area contributed by atoms with E-state index in [0.29, 0.717) is 6.42 Å². The molecule has 0 radical (unpaired) electrons. The van der Waals surface area contributed by atoms with Crippen molar-refractivity contribution in [2.24, 2.45) is 11.8 Å². The molecule has 5 heteroatoms. The van der Waals surface area contributed by atoms with Crippen LogP contribution in [0.3, 0.4) is 0 Å². The number of rotatable bonds is 3. The maximum atomic E-state index is 10.6. The van der Waals surface area contributed by atoms with Crippen molar-refractivity contribution in [3.05, 3.63) is 0 Å². The Hall–Kier alpha value is -0.320. The number of aliphatic hydroxyl groups is 1. The van der Waals surface area contributed by atoms with Crippen LogP contribution < -0.4 is 11.3 Å². The van der Waals surface area contributed by atoms with Crippen molar-refractivity contribution >= 4 is 18.3 Å². The van der Waals surface area contributed by atoms with Gasteiger partial charge in [-0.25, -0.2) is 5.84 Å². The van der Waals surface area contributed by atoms with Crippen molar-refractivity contribution in [2.45, 2.75) is 13.3 Å². The second-order valence-electron chi connectivity index (χ2n) is 1.92. The summed E-state index contributed by atoms with van der Waals surface area (Å²) in [7, 11) is 0. The van der Waals surface area contributed by atoms with Crippen molar-refractivity contribution in [2.75, 3.05) is 6.61 Å². The van der Waals surface area contributed by atoms with Crippen LogP contribution in [0.25, 0.3) is 0 Å². The van der Waals surface area contributed by atoms with Crippen LogP contribution in [0.5, 0.6) is 0 Å². The van der Waals surface area contributed by atoms with Gasteiger partial charge in [-0.3, -0.25) is 10.2 Å².